The summed E-state index contributed by atoms with van der Waals surface area (Å²) >= 11 is 3.80. The number of rotatable bonds is 8. The second kappa shape index (κ2) is 11.6. The average Bonchev–Trinajstić information content (AvgIpc) is 2.79. The largest absolute Gasteiger partial charge is 0.591 e. The van der Waals surface area contributed by atoms with E-state index >= 15 is 0 Å². The average molecular weight is 557 g/mol. The Morgan fingerprint density at radius 2 is 1.88 bits per heavy atom. The highest BCUT2D eigenvalue weighted by Crippen LogP contribution is 2.42. The molecule has 1 unspecified atom stereocenters. The molecule has 0 aromatic heterocycles. The first-order valence-electron chi connectivity index (χ1n) is 10.9. The van der Waals surface area contributed by atoms with Crippen molar-refractivity contribution in [3.05, 3.63) is 63.9 Å². The number of hydrogen-bond acceptors (Lipinski definition) is 5. The van der Waals surface area contributed by atoms with Crippen LogP contribution in [0.3, 0.4) is 0 Å². The number of nitrogens with zero attached hydrogens (tertiary/aromatic N) is 1. The van der Waals surface area contributed by atoms with Gasteiger partial charge in [-0.05, 0) is 69.5 Å². The predicted molar refractivity (Wildman–Crippen MR) is 140 cm³/mol. The highest BCUT2D eigenvalue weighted by molar-refractivity contribution is 9.10. The number of hydrogen-bond donors (Lipinski definition) is 0. The van der Waals surface area contributed by atoms with Crippen molar-refractivity contribution in [2.24, 2.45) is 4.40 Å². The quantitative estimate of drug-likeness (QED) is 0.268. The minimum Gasteiger partial charge on any atom is -0.591 e. The maximum Gasteiger partial charge on any atom is 0.144 e. The Labute approximate surface area is 212 Å². The minimum atomic E-state index is -1.50. The van der Waals surface area contributed by atoms with Gasteiger partial charge in [-0.25, -0.2) is 4.39 Å². The molecular weight excluding hydrogens is 525 g/mol. The Hall–Kier alpha value is -1.06. The minimum absolute atomic E-state index is 0.187. The standard InChI is InChI=1S/C25H31BrFNO3S2/c1-24(2,3)33(29)28-23(21-15-19(26)7-10-22(21)27)16-25(11-13-31-14-12-25)32-17-18-5-8-20(30-4)9-6-18/h5-10,15H,11-14,16-17H2,1-4H3. The fraction of sp³-hybridized carbons (Fsp3) is 0.480. The van der Waals surface area contributed by atoms with Crippen LogP contribution in [0.2, 0.25) is 0 Å². The second-order valence-electron chi connectivity index (χ2n) is 9.13. The lowest BCUT2D eigenvalue weighted by Gasteiger charge is -2.37. The van der Waals surface area contributed by atoms with Crippen molar-refractivity contribution in [2.45, 2.75) is 55.3 Å². The molecule has 8 heteroatoms. The summed E-state index contributed by atoms with van der Waals surface area (Å²) in [4.78, 5) is 0. The Morgan fingerprint density at radius 3 is 2.48 bits per heavy atom. The first-order chi connectivity index (χ1) is 15.6. The lowest BCUT2D eigenvalue weighted by atomic mass is 9.90. The molecule has 0 radical (unpaired) electrons. The van der Waals surface area contributed by atoms with E-state index in [1.54, 1.807) is 19.2 Å². The van der Waals surface area contributed by atoms with Crippen LogP contribution in [-0.4, -0.2) is 40.1 Å². The number of methoxy groups -OCH3 is 1. The molecule has 0 N–H and O–H groups in total. The van der Waals surface area contributed by atoms with Gasteiger partial charge in [0.25, 0.3) is 0 Å². The normalized spacial score (nSPS) is 17.6. The third-order valence-corrected chi connectivity index (χ3v) is 9.12. The molecule has 1 aliphatic heterocycles. The fourth-order valence-electron chi connectivity index (χ4n) is 3.51. The second-order valence-corrected chi connectivity index (χ2v) is 13.4. The van der Waals surface area contributed by atoms with Crippen molar-refractivity contribution >= 4 is 44.8 Å². The molecule has 2 aromatic rings. The van der Waals surface area contributed by atoms with Gasteiger partial charge in [-0.15, -0.1) is 11.8 Å². The van der Waals surface area contributed by atoms with Gasteiger partial charge in [0, 0.05) is 40.2 Å². The molecule has 0 bridgehead atoms. The van der Waals surface area contributed by atoms with Crippen molar-refractivity contribution in [1.29, 1.82) is 0 Å². The van der Waals surface area contributed by atoms with Gasteiger partial charge in [-0.1, -0.05) is 32.5 Å². The summed E-state index contributed by atoms with van der Waals surface area (Å²) in [6.45, 7) is 6.93. The SMILES string of the molecule is COc1ccc(CSC2(CC(=N[S+]([O-])C(C)(C)C)c3cc(Br)ccc3F)CCOCC2)cc1. The smallest absolute Gasteiger partial charge is 0.144 e. The molecule has 3 rings (SSSR count). The number of ether oxygens (including phenoxy) is 2. The molecule has 2 aromatic carbocycles. The first kappa shape index (κ1) is 26.5. The van der Waals surface area contributed by atoms with Crippen molar-refractivity contribution in [1.82, 2.24) is 0 Å². The van der Waals surface area contributed by atoms with Crippen molar-refractivity contribution in [2.75, 3.05) is 20.3 Å². The summed E-state index contributed by atoms with van der Waals surface area (Å²) in [5.41, 5.74) is 2.14. The van der Waals surface area contributed by atoms with Crippen LogP contribution in [0, 0.1) is 5.82 Å². The Bertz CT molecular complexity index is 957. The van der Waals surface area contributed by atoms with Gasteiger partial charge in [0.05, 0.1) is 7.11 Å². The lowest BCUT2D eigenvalue weighted by molar-refractivity contribution is 0.0789. The Balaban J connectivity index is 1.93. The van der Waals surface area contributed by atoms with Gasteiger partial charge < -0.3 is 14.0 Å². The summed E-state index contributed by atoms with van der Waals surface area (Å²) in [6.07, 6.45) is 2.17. The van der Waals surface area contributed by atoms with E-state index < -0.39 is 16.1 Å². The summed E-state index contributed by atoms with van der Waals surface area (Å²) in [6, 6.07) is 12.9. The monoisotopic (exact) mass is 555 g/mol. The highest BCUT2D eigenvalue weighted by Gasteiger charge is 2.37. The molecule has 1 aliphatic rings. The third kappa shape index (κ3) is 7.46. The predicted octanol–water partition coefficient (Wildman–Crippen LogP) is 6.72. The Kier molecular flexibility index (Phi) is 9.31. The van der Waals surface area contributed by atoms with Crippen molar-refractivity contribution in [3.63, 3.8) is 0 Å². The molecule has 0 saturated carbocycles. The fourth-order valence-corrected chi connectivity index (χ4v) is 5.87. The van der Waals surface area contributed by atoms with Gasteiger partial charge in [-0.2, -0.15) is 0 Å². The van der Waals surface area contributed by atoms with Crippen molar-refractivity contribution < 1.29 is 18.4 Å². The van der Waals surface area contributed by atoms with Gasteiger partial charge >= 0.3 is 0 Å². The zero-order valence-corrected chi connectivity index (χ0v) is 22.7. The van der Waals surface area contributed by atoms with E-state index in [9.17, 15) is 8.94 Å². The molecule has 0 spiro atoms. The molecular formula is C25H31BrFNO3S2. The lowest BCUT2D eigenvalue weighted by Crippen LogP contribution is -2.37. The molecule has 180 valence electrons. The van der Waals surface area contributed by atoms with E-state index in [-0.39, 0.29) is 10.6 Å². The zero-order chi connectivity index (χ0) is 24.1. The van der Waals surface area contributed by atoms with E-state index in [4.69, 9.17) is 9.47 Å². The van der Waals surface area contributed by atoms with E-state index in [0.29, 0.717) is 30.9 Å². The van der Waals surface area contributed by atoms with Crippen LogP contribution >= 0.6 is 27.7 Å². The summed E-state index contributed by atoms with van der Waals surface area (Å²) < 4.78 is 43.5. The van der Waals surface area contributed by atoms with Crippen LogP contribution in [0.1, 0.15) is 51.2 Å². The van der Waals surface area contributed by atoms with Crippen LogP contribution in [0.4, 0.5) is 4.39 Å². The van der Waals surface area contributed by atoms with Crippen molar-refractivity contribution in [3.8, 4) is 5.75 Å². The topological polar surface area (TPSA) is 53.9 Å². The molecule has 1 heterocycles. The van der Waals surface area contributed by atoms with E-state index in [2.05, 4.69) is 32.5 Å². The summed E-state index contributed by atoms with van der Waals surface area (Å²) in [5, 5.41) is 0. The van der Waals surface area contributed by atoms with Crippen LogP contribution in [0.5, 0.6) is 5.75 Å². The van der Waals surface area contributed by atoms with E-state index in [1.807, 2.05) is 44.7 Å². The summed E-state index contributed by atoms with van der Waals surface area (Å²) in [5.74, 6) is 1.28. The van der Waals surface area contributed by atoms with Crippen LogP contribution in [0.25, 0.3) is 0 Å². The molecule has 33 heavy (non-hydrogen) atoms. The van der Waals surface area contributed by atoms with E-state index in [1.165, 1.54) is 11.6 Å². The molecule has 0 amide bonds. The first-order valence-corrected chi connectivity index (χ1v) is 13.8. The van der Waals surface area contributed by atoms with Gasteiger partial charge in [-0.3, -0.25) is 0 Å². The number of halogens is 2. The van der Waals surface area contributed by atoms with Crippen LogP contribution in [-0.2, 0) is 21.9 Å². The maximum absolute atomic E-state index is 14.9. The zero-order valence-electron chi connectivity index (χ0n) is 19.5. The third-order valence-electron chi connectivity index (χ3n) is 5.55. The van der Waals surface area contributed by atoms with Crippen LogP contribution < -0.4 is 4.74 Å². The van der Waals surface area contributed by atoms with Gasteiger partial charge in [0.1, 0.15) is 33.4 Å². The molecule has 1 saturated heterocycles. The number of benzene rings is 2. The summed E-state index contributed by atoms with van der Waals surface area (Å²) in [7, 11) is 1.66. The van der Waals surface area contributed by atoms with Crippen LogP contribution in [0.15, 0.2) is 51.3 Å². The molecule has 0 aliphatic carbocycles. The number of thioether (sulfide) groups is 1. The highest BCUT2D eigenvalue weighted by atomic mass is 79.9. The van der Waals surface area contributed by atoms with Gasteiger partial charge in [0.2, 0.25) is 0 Å². The van der Waals surface area contributed by atoms with E-state index in [0.717, 1.165) is 28.8 Å². The van der Waals surface area contributed by atoms with Gasteiger partial charge in [0.15, 0.2) is 0 Å². The Morgan fingerprint density at radius 1 is 1.21 bits per heavy atom. The molecule has 1 fully saturated rings. The maximum atomic E-state index is 14.9. The molecule has 4 nitrogen and oxygen atoms in total. The molecule has 1 atom stereocenters.